The van der Waals surface area contributed by atoms with Crippen LogP contribution in [-0.2, 0) is 0 Å². The van der Waals surface area contributed by atoms with Gasteiger partial charge in [0.05, 0.1) is 11.0 Å². The molecule has 0 radical (unpaired) electrons. The Hall–Kier alpha value is -4.12. The summed E-state index contributed by atoms with van der Waals surface area (Å²) in [5.74, 6) is 1.98. The zero-order valence-corrected chi connectivity index (χ0v) is 28.1. The van der Waals surface area contributed by atoms with Gasteiger partial charge in [0.1, 0.15) is 34.6 Å². The van der Waals surface area contributed by atoms with Gasteiger partial charge in [0.25, 0.3) is 0 Å². The first-order chi connectivity index (χ1) is 21.4. The standard InChI is InChI=1S/C17H15FN2OS.C16H14BrFO2.C2H6O/c1-10-7-14(21-13-5-3-12(18)4-6-13)8-11(2)16(10)15-9-22-17(19)20-15;1-10-7-14(8-11(2)16(10)15(19)9-17)20-13-5-3-12(18)4-6-13;1-2-3/h3-9H,1-2H3,(H2,19,20);3-8H,9H2,1-2H3;3H,2H2,1H3. The number of hydrogen-bond donors (Lipinski definition) is 2. The van der Waals surface area contributed by atoms with Crippen LogP contribution in [-0.4, -0.2) is 27.8 Å². The number of ether oxygens (including phenoxy) is 2. The van der Waals surface area contributed by atoms with Crippen molar-refractivity contribution < 1.29 is 28.2 Å². The summed E-state index contributed by atoms with van der Waals surface area (Å²) in [5, 5.41) is 10.4. The summed E-state index contributed by atoms with van der Waals surface area (Å²) in [6, 6.07) is 19.3. The molecule has 1 aromatic heterocycles. The van der Waals surface area contributed by atoms with Crippen molar-refractivity contribution in [2.24, 2.45) is 0 Å². The van der Waals surface area contributed by atoms with E-state index in [0.717, 1.165) is 33.5 Å². The number of hydrogen-bond acceptors (Lipinski definition) is 7. The minimum absolute atomic E-state index is 0.0494. The van der Waals surface area contributed by atoms with Gasteiger partial charge < -0.3 is 20.3 Å². The van der Waals surface area contributed by atoms with E-state index >= 15 is 0 Å². The maximum Gasteiger partial charge on any atom is 0.180 e. The summed E-state index contributed by atoms with van der Waals surface area (Å²) >= 11 is 4.61. The molecule has 0 aliphatic heterocycles. The third-order valence-electron chi connectivity index (χ3n) is 6.29. The third-order valence-corrected chi connectivity index (χ3v) is 7.47. The largest absolute Gasteiger partial charge is 0.457 e. The summed E-state index contributed by atoms with van der Waals surface area (Å²) in [5.41, 5.74) is 12.2. The Balaban J connectivity index is 0.000000227. The molecule has 45 heavy (non-hydrogen) atoms. The lowest BCUT2D eigenvalue weighted by Gasteiger charge is -2.12. The van der Waals surface area contributed by atoms with Gasteiger partial charge in [-0.15, -0.1) is 11.3 Å². The van der Waals surface area contributed by atoms with Gasteiger partial charge in [0.2, 0.25) is 0 Å². The zero-order chi connectivity index (χ0) is 33.1. The molecule has 0 fully saturated rings. The molecule has 5 rings (SSSR count). The summed E-state index contributed by atoms with van der Waals surface area (Å²) < 4.78 is 37.2. The van der Waals surface area contributed by atoms with Crippen LogP contribution in [0.1, 0.15) is 39.5 Å². The van der Waals surface area contributed by atoms with E-state index in [1.807, 2.05) is 57.3 Å². The number of rotatable bonds is 7. The van der Waals surface area contributed by atoms with Crippen molar-refractivity contribution in [1.29, 1.82) is 0 Å². The number of carbonyl (C=O) groups excluding carboxylic acids is 1. The van der Waals surface area contributed by atoms with Crippen LogP contribution in [0, 0.1) is 39.3 Å². The highest BCUT2D eigenvalue weighted by Gasteiger charge is 2.14. The first-order valence-corrected chi connectivity index (χ1v) is 16.0. The SMILES string of the molecule is CCO.Cc1cc(Oc2ccc(F)cc2)cc(C)c1-c1csc(N)n1.Cc1cc(Oc2ccc(F)cc2)cc(C)c1C(=O)CBr. The number of aliphatic hydroxyl groups is 1. The molecule has 0 atom stereocenters. The van der Waals surface area contributed by atoms with Crippen molar-refractivity contribution in [2.75, 3.05) is 17.7 Å². The van der Waals surface area contributed by atoms with Gasteiger partial charge in [-0.25, -0.2) is 13.8 Å². The van der Waals surface area contributed by atoms with Crippen molar-refractivity contribution in [1.82, 2.24) is 4.98 Å². The van der Waals surface area contributed by atoms with Crippen molar-refractivity contribution in [3.05, 3.63) is 118 Å². The van der Waals surface area contributed by atoms with E-state index in [-0.39, 0.29) is 24.0 Å². The molecule has 0 saturated heterocycles. The Labute approximate surface area is 274 Å². The maximum absolute atomic E-state index is 12.9. The van der Waals surface area contributed by atoms with Crippen LogP contribution in [0.3, 0.4) is 0 Å². The monoisotopic (exact) mass is 696 g/mol. The van der Waals surface area contributed by atoms with Crippen LogP contribution in [0.5, 0.6) is 23.0 Å². The second-order valence-electron chi connectivity index (χ2n) is 9.92. The second kappa shape index (κ2) is 16.8. The van der Waals surface area contributed by atoms with Gasteiger partial charge in [-0.2, -0.15) is 0 Å². The molecule has 1 heterocycles. The van der Waals surface area contributed by atoms with E-state index in [1.54, 1.807) is 31.2 Å². The highest BCUT2D eigenvalue weighted by atomic mass is 79.9. The van der Waals surface area contributed by atoms with Gasteiger partial charge in [0, 0.05) is 23.1 Å². The van der Waals surface area contributed by atoms with E-state index in [4.69, 9.17) is 20.3 Å². The van der Waals surface area contributed by atoms with Gasteiger partial charge in [0.15, 0.2) is 10.9 Å². The second-order valence-corrected chi connectivity index (χ2v) is 11.4. The molecular weight excluding hydrogens is 662 g/mol. The number of thiazole rings is 1. The lowest BCUT2D eigenvalue weighted by Crippen LogP contribution is -2.05. The van der Waals surface area contributed by atoms with Gasteiger partial charge >= 0.3 is 0 Å². The maximum atomic E-state index is 12.9. The van der Waals surface area contributed by atoms with Crippen LogP contribution < -0.4 is 15.2 Å². The minimum atomic E-state index is -0.303. The van der Waals surface area contributed by atoms with Crippen LogP contribution >= 0.6 is 27.3 Å². The smallest absolute Gasteiger partial charge is 0.180 e. The van der Waals surface area contributed by atoms with Crippen LogP contribution in [0.2, 0.25) is 0 Å². The summed E-state index contributed by atoms with van der Waals surface area (Å²) in [7, 11) is 0. The van der Waals surface area contributed by atoms with Crippen molar-refractivity contribution >= 4 is 38.2 Å². The Morgan fingerprint density at radius 2 is 1.20 bits per heavy atom. The van der Waals surface area contributed by atoms with Crippen LogP contribution in [0.15, 0.2) is 78.2 Å². The minimum Gasteiger partial charge on any atom is -0.457 e. The molecule has 0 saturated carbocycles. The molecule has 0 unspecified atom stereocenters. The van der Waals surface area contributed by atoms with E-state index < -0.39 is 0 Å². The molecule has 0 spiro atoms. The quantitative estimate of drug-likeness (QED) is 0.130. The number of aromatic nitrogens is 1. The number of alkyl halides is 1. The fraction of sp³-hybridized carbons (Fsp3) is 0.200. The average molecular weight is 698 g/mol. The highest BCUT2D eigenvalue weighted by molar-refractivity contribution is 9.09. The molecule has 4 aromatic carbocycles. The van der Waals surface area contributed by atoms with Crippen LogP contribution in [0.4, 0.5) is 13.9 Å². The Morgan fingerprint density at radius 3 is 1.56 bits per heavy atom. The predicted molar refractivity (Wildman–Crippen MR) is 181 cm³/mol. The average Bonchev–Trinajstić information content (AvgIpc) is 3.41. The van der Waals surface area contributed by atoms with Crippen molar-refractivity contribution in [3.8, 4) is 34.3 Å². The highest BCUT2D eigenvalue weighted by Crippen LogP contribution is 2.34. The lowest BCUT2D eigenvalue weighted by atomic mass is 9.99. The fourth-order valence-corrected chi connectivity index (χ4v) is 5.39. The molecule has 3 N–H and O–H groups in total. The van der Waals surface area contributed by atoms with Crippen molar-refractivity contribution in [2.45, 2.75) is 34.6 Å². The van der Waals surface area contributed by atoms with Crippen LogP contribution in [0.25, 0.3) is 11.3 Å². The third kappa shape index (κ3) is 10.2. The first-order valence-electron chi connectivity index (χ1n) is 14.0. The summed E-state index contributed by atoms with van der Waals surface area (Å²) in [6.45, 7) is 9.70. The number of nitrogens with two attached hydrogens (primary N) is 1. The van der Waals surface area contributed by atoms with Crippen molar-refractivity contribution in [3.63, 3.8) is 0 Å². The van der Waals surface area contributed by atoms with Gasteiger partial charge in [-0.3, -0.25) is 4.79 Å². The number of halogens is 3. The Bertz CT molecular complexity index is 1680. The van der Waals surface area contributed by atoms with E-state index in [9.17, 15) is 13.6 Å². The number of carbonyl (C=O) groups is 1. The molecule has 236 valence electrons. The number of nitrogen functional groups attached to an aromatic ring is 1. The number of ketones is 1. The number of anilines is 1. The molecule has 0 amide bonds. The number of benzene rings is 4. The van der Waals surface area contributed by atoms with E-state index in [0.29, 0.717) is 39.0 Å². The molecule has 6 nitrogen and oxygen atoms in total. The number of nitrogens with zero attached hydrogens (tertiary/aromatic N) is 1. The number of aliphatic hydroxyl groups excluding tert-OH is 1. The predicted octanol–water partition coefficient (Wildman–Crippen LogP) is 9.75. The number of Topliss-reactive ketones (excluding diaryl/α,β-unsaturated/α-hetero) is 1. The molecule has 0 aliphatic carbocycles. The Kier molecular flexibility index (Phi) is 13.2. The molecule has 0 aliphatic rings. The lowest BCUT2D eigenvalue weighted by molar-refractivity contribution is 0.102. The first kappa shape index (κ1) is 35.4. The molecule has 0 bridgehead atoms. The van der Waals surface area contributed by atoms with Gasteiger partial charge in [-0.05, 0) is 130 Å². The zero-order valence-electron chi connectivity index (χ0n) is 25.7. The summed E-state index contributed by atoms with van der Waals surface area (Å²) in [4.78, 5) is 16.2. The molecule has 5 aromatic rings. The fourth-order valence-electron chi connectivity index (χ4n) is 4.56. The summed E-state index contributed by atoms with van der Waals surface area (Å²) in [6.07, 6.45) is 0. The van der Waals surface area contributed by atoms with E-state index in [1.165, 1.54) is 35.6 Å². The topological polar surface area (TPSA) is 94.7 Å². The molecular formula is C35H35BrF2N2O4S. The van der Waals surface area contributed by atoms with Gasteiger partial charge in [-0.1, -0.05) is 15.9 Å². The number of aryl methyl sites for hydroxylation is 4. The van der Waals surface area contributed by atoms with E-state index in [2.05, 4.69) is 20.9 Å². The molecule has 10 heteroatoms. The Morgan fingerprint density at radius 1 is 0.800 bits per heavy atom. The normalized spacial score (nSPS) is 10.2.